The van der Waals surface area contributed by atoms with Gasteiger partial charge in [0.15, 0.2) is 0 Å². The number of rotatable bonds is 18. The van der Waals surface area contributed by atoms with Crippen LogP contribution in [0.3, 0.4) is 0 Å². The van der Waals surface area contributed by atoms with Crippen molar-refractivity contribution in [2.24, 2.45) is 11.5 Å². The Morgan fingerprint density at radius 3 is 1.87 bits per heavy atom. The second-order valence-electron chi connectivity index (χ2n) is 13.3. The van der Waals surface area contributed by atoms with Gasteiger partial charge in [0.25, 0.3) is 5.91 Å². The molecule has 0 aliphatic rings. The zero-order chi connectivity index (χ0) is 37.5. The first-order valence-corrected chi connectivity index (χ1v) is 17.9. The first-order valence-electron chi connectivity index (χ1n) is 17.9. The first-order chi connectivity index (χ1) is 25.1. The summed E-state index contributed by atoms with van der Waals surface area (Å²) in [6, 6.07) is 31.7. The fourth-order valence-electron chi connectivity index (χ4n) is 6.15. The molecule has 0 bridgehead atoms. The van der Waals surface area contributed by atoms with E-state index in [4.69, 9.17) is 11.5 Å². The van der Waals surface area contributed by atoms with Crippen molar-refractivity contribution in [2.75, 3.05) is 34.2 Å². The summed E-state index contributed by atoms with van der Waals surface area (Å²) in [5.41, 5.74) is 16.6. The molecule has 10 nitrogen and oxygen atoms in total. The molecule has 4 aromatic rings. The quantitative estimate of drug-likeness (QED) is 0.115. The van der Waals surface area contributed by atoms with Crippen molar-refractivity contribution in [3.8, 4) is 11.1 Å². The van der Waals surface area contributed by atoms with E-state index in [-0.39, 0.29) is 18.7 Å². The molecule has 0 aromatic heterocycles. The van der Waals surface area contributed by atoms with Crippen molar-refractivity contribution < 1.29 is 19.2 Å². The van der Waals surface area contributed by atoms with Crippen LogP contribution in [0.15, 0.2) is 109 Å². The highest BCUT2D eigenvalue weighted by Gasteiger charge is 2.34. The average molecular weight is 705 g/mol. The van der Waals surface area contributed by atoms with Crippen LogP contribution in [0.4, 0.5) is 0 Å². The minimum atomic E-state index is -1.01. The molecule has 6 N–H and O–H groups in total. The normalized spacial score (nSPS) is 12.6. The van der Waals surface area contributed by atoms with Crippen molar-refractivity contribution in [3.63, 3.8) is 0 Å². The topological polar surface area (TPSA) is 151 Å². The number of amides is 4. The molecule has 274 valence electrons. The Kier molecular flexibility index (Phi) is 15.1. The highest BCUT2D eigenvalue weighted by Crippen LogP contribution is 2.21. The van der Waals surface area contributed by atoms with E-state index in [2.05, 4.69) is 10.6 Å². The predicted octanol–water partition coefficient (Wildman–Crippen LogP) is 3.97. The molecular weight excluding hydrogens is 652 g/mol. The van der Waals surface area contributed by atoms with Crippen molar-refractivity contribution >= 4 is 23.6 Å². The molecule has 0 fully saturated rings. The molecule has 3 atom stereocenters. The largest absolute Gasteiger partial charge is 0.347 e. The van der Waals surface area contributed by atoms with E-state index in [1.807, 2.05) is 91.0 Å². The third kappa shape index (κ3) is 11.3. The molecule has 4 rings (SSSR count). The van der Waals surface area contributed by atoms with Crippen LogP contribution in [0.1, 0.15) is 46.3 Å². The fraction of sp³-hybridized carbons (Fsp3) is 0.333. The van der Waals surface area contributed by atoms with Gasteiger partial charge in [-0.15, -0.1) is 0 Å². The number of nitrogens with two attached hydrogens (primary N) is 2. The van der Waals surface area contributed by atoms with Crippen LogP contribution in [0.25, 0.3) is 11.1 Å². The highest BCUT2D eigenvalue weighted by atomic mass is 16.2. The summed E-state index contributed by atoms with van der Waals surface area (Å²) in [5.74, 6) is -1.54. The van der Waals surface area contributed by atoms with Gasteiger partial charge in [-0.3, -0.25) is 19.2 Å². The van der Waals surface area contributed by atoms with Crippen molar-refractivity contribution in [3.05, 3.63) is 131 Å². The van der Waals surface area contributed by atoms with E-state index in [1.165, 1.54) is 9.80 Å². The SMILES string of the molecule is CN(C)C(=O)[C@H](CCCCN)NC(=O)C(Cc1ccccc1)N(C)C(=O)C(Cc1ccc(-c2ccccc2)cc1)NC(=O)c1cccc(CCN)c1. The molecule has 0 spiro atoms. The zero-order valence-electron chi connectivity index (χ0n) is 30.5. The lowest BCUT2D eigenvalue weighted by atomic mass is 9.98. The molecule has 52 heavy (non-hydrogen) atoms. The Morgan fingerprint density at radius 1 is 0.615 bits per heavy atom. The van der Waals surface area contributed by atoms with Gasteiger partial charge in [-0.25, -0.2) is 0 Å². The number of unbranched alkanes of at least 4 members (excludes halogenated alkanes) is 1. The number of nitrogens with one attached hydrogen (secondary N) is 2. The lowest BCUT2D eigenvalue weighted by Gasteiger charge is -2.32. The van der Waals surface area contributed by atoms with Gasteiger partial charge in [0.1, 0.15) is 18.1 Å². The van der Waals surface area contributed by atoms with Gasteiger partial charge in [0.05, 0.1) is 0 Å². The van der Waals surface area contributed by atoms with Crippen LogP contribution in [0.5, 0.6) is 0 Å². The maximum Gasteiger partial charge on any atom is 0.251 e. The van der Waals surface area contributed by atoms with Crippen molar-refractivity contribution in [1.82, 2.24) is 20.4 Å². The summed E-state index contributed by atoms with van der Waals surface area (Å²) in [7, 11) is 4.87. The van der Waals surface area contributed by atoms with E-state index < -0.39 is 35.8 Å². The summed E-state index contributed by atoms with van der Waals surface area (Å²) in [6.07, 6.45) is 2.78. The summed E-state index contributed by atoms with van der Waals surface area (Å²) < 4.78 is 0. The van der Waals surface area contributed by atoms with Gasteiger partial charge >= 0.3 is 0 Å². The van der Waals surface area contributed by atoms with Gasteiger partial charge in [-0.05, 0) is 78.7 Å². The smallest absolute Gasteiger partial charge is 0.251 e. The Bertz CT molecular complexity index is 1750. The third-order valence-corrected chi connectivity index (χ3v) is 9.12. The molecule has 2 unspecified atom stereocenters. The molecule has 0 radical (unpaired) electrons. The molecule has 0 saturated carbocycles. The lowest BCUT2D eigenvalue weighted by Crippen LogP contribution is -2.58. The summed E-state index contributed by atoms with van der Waals surface area (Å²) in [4.78, 5) is 58.5. The van der Waals surface area contributed by atoms with Crippen LogP contribution < -0.4 is 22.1 Å². The predicted molar refractivity (Wildman–Crippen MR) is 206 cm³/mol. The molecule has 10 heteroatoms. The average Bonchev–Trinajstić information content (AvgIpc) is 3.16. The minimum Gasteiger partial charge on any atom is -0.347 e. The molecule has 4 amide bonds. The zero-order valence-corrected chi connectivity index (χ0v) is 30.5. The molecule has 0 aliphatic carbocycles. The van der Waals surface area contributed by atoms with E-state index in [0.29, 0.717) is 44.3 Å². The molecule has 4 aromatic carbocycles. The van der Waals surface area contributed by atoms with Gasteiger partial charge in [-0.2, -0.15) is 0 Å². The Hall–Kier alpha value is -5.32. The monoisotopic (exact) mass is 704 g/mol. The van der Waals surface area contributed by atoms with Crippen molar-refractivity contribution in [1.29, 1.82) is 0 Å². The Balaban J connectivity index is 1.66. The minimum absolute atomic E-state index is 0.187. The number of carbonyl (C=O) groups excluding carboxylic acids is 4. The third-order valence-electron chi connectivity index (χ3n) is 9.12. The van der Waals surface area contributed by atoms with Crippen LogP contribution in [-0.2, 0) is 33.6 Å². The van der Waals surface area contributed by atoms with Crippen molar-refractivity contribution in [2.45, 2.75) is 56.7 Å². The van der Waals surface area contributed by atoms with Crippen LogP contribution in [-0.4, -0.2) is 85.8 Å². The first kappa shape index (κ1) is 39.5. The van der Waals surface area contributed by atoms with Crippen LogP contribution >= 0.6 is 0 Å². The summed E-state index contributed by atoms with van der Waals surface area (Å²) >= 11 is 0. The number of nitrogens with zero attached hydrogens (tertiary/aromatic N) is 2. The summed E-state index contributed by atoms with van der Waals surface area (Å²) in [5, 5.41) is 5.92. The maximum absolute atomic E-state index is 14.6. The molecular formula is C42H52N6O4. The van der Waals surface area contributed by atoms with Gasteiger partial charge in [0.2, 0.25) is 17.7 Å². The van der Waals surface area contributed by atoms with Crippen LogP contribution in [0, 0.1) is 0 Å². The Morgan fingerprint density at radius 2 is 1.23 bits per heavy atom. The van der Waals surface area contributed by atoms with Gasteiger partial charge in [0, 0.05) is 39.5 Å². The number of hydrogen-bond donors (Lipinski definition) is 4. The summed E-state index contributed by atoms with van der Waals surface area (Å²) in [6.45, 7) is 0.916. The lowest BCUT2D eigenvalue weighted by molar-refractivity contribution is -0.142. The molecule has 0 aliphatic heterocycles. The van der Waals surface area contributed by atoms with Crippen LogP contribution in [0.2, 0.25) is 0 Å². The number of carbonyl (C=O) groups is 4. The highest BCUT2D eigenvalue weighted by molar-refractivity contribution is 5.99. The number of hydrogen-bond acceptors (Lipinski definition) is 6. The van der Waals surface area contributed by atoms with Gasteiger partial charge < -0.3 is 31.9 Å². The van der Waals surface area contributed by atoms with E-state index in [9.17, 15) is 19.2 Å². The molecule has 0 heterocycles. The van der Waals surface area contributed by atoms with E-state index in [0.717, 1.165) is 27.8 Å². The number of benzene rings is 4. The maximum atomic E-state index is 14.6. The van der Waals surface area contributed by atoms with Gasteiger partial charge in [-0.1, -0.05) is 97.1 Å². The number of likely N-dealkylation sites (N-methyl/N-ethyl adjacent to an activating group) is 2. The fourth-order valence-corrected chi connectivity index (χ4v) is 6.15. The van der Waals surface area contributed by atoms with E-state index in [1.54, 1.807) is 39.3 Å². The second kappa shape index (κ2) is 19.9. The standard InChI is InChI=1S/C42H52N6O4/c1-47(2)41(51)36(19-10-11-25-43)45-40(50)38(29-30-13-6-4-7-14-30)48(3)42(52)37(46-39(49)35-18-12-15-31(27-35)24-26-44)28-32-20-22-34(23-21-32)33-16-8-5-9-17-33/h4-9,12-18,20-23,27,36-38H,10-11,19,24-26,28-29,43-44H2,1-3H3,(H,45,50)(H,46,49)/t36-,37?,38?/m0/s1. The Labute approximate surface area is 307 Å². The molecule has 0 saturated heterocycles. The second-order valence-corrected chi connectivity index (χ2v) is 13.3. The van der Waals surface area contributed by atoms with E-state index >= 15 is 0 Å².